The van der Waals surface area contributed by atoms with E-state index in [1.807, 2.05) is 0 Å². The van der Waals surface area contributed by atoms with E-state index in [4.69, 9.17) is 0 Å². The zero-order chi connectivity index (χ0) is 13.2. The van der Waals surface area contributed by atoms with Crippen LogP contribution in [0.15, 0.2) is 18.2 Å². The van der Waals surface area contributed by atoms with Crippen molar-refractivity contribution in [3.05, 3.63) is 35.4 Å². The van der Waals surface area contributed by atoms with Gasteiger partial charge in [0.05, 0.1) is 5.60 Å². The van der Waals surface area contributed by atoms with Crippen molar-refractivity contribution in [2.45, 2.75) is 51.0 Å². The summed E-state index contributed by atoms with van der Waals surface area (Å²) < 4.78 is 26.5. The summed E-state index contributed by atoms with van der Waals surface area (Å²) in [5, 5.41) is 10.7. The fourth-order valence-corrected chi connectivity index (χ4v) is 3.11. The molecule has 0 aromatic heterocycles. The zero-order valence-corrected chi connectivity index (χ0v) is 10.8. The highest BCUT2D eigenvalue weighted by Gasteiger charge is 2.38. The largest absolute Gasteiger partial charge is 0.389 e. The monoisotopic (exact) mass is 254 g/mol. The van der Waals surface area contributed by atoms with Crippen LogP contribution in [0.1, 0.15) is 44.6 Å². The lowest BCUT2D eigenvalue weighted by Gasteiger charge is -2.40. The van der Waals surface area contributed by atoms with Gasteiger partial charge in [-0.1, -0.05) is 32.3 Å². The lowest BCUT2D eigenvalue weighted by atomic mass is 9.71. The first-order valence-electron chi connectivity index (χ1n) is 6.71. The molecule has 2 rings (SSSR count). The first-order chi connectivity index (χ1) is 8.55. The average molecular weight is 254 g/mol. The maximum atomic E-state index is 13.7. The van der Waals surface area contributed by atoms with Crippen LogP contribution in [0.3, 0.4) is 0 Å². The van der Waals surface area contributed by atoms with Gasteiger partial charge in [0.2, 0.25) is 0 Å². The van der Waals surface area contributed by atoms with E-state index < -0.39 is 17.2 Å². The third-order valence-electron chi connectivity index (χ3n) is 4.18. The van der Waals surface area contributed by atoms with Crippen molar-refractivity contribution in [1.29, 1.82) is 0 Å². The zero-order valence-electron chi connectivity index (χ0n) is 10.8. The number of rotatable bonds is 3. The van der Waals surface area contributed by atoms with Crippen molar-refractivity contribution in [2.75, 3.05) is 0 Å². The molecule has 1 aromatic rings. The van der Waals surface area contributed by atoms with Gasteiger partial charge in [-0.25, -0.2) is 8.78 Å². The molecule has 0 spiro atoms. The van der Waals surface area contributed by atoms with E-state index in [0.717, 1.165) is 31.7 Å². The van der Waals surface area contributed by atoms with E-state index in [1.54, 1.807) is 0 Å². The smallest absolute Gasteiger partial charge is 0.129 e. The summed E-state index contributed by atoms with van der Waals surface area (Å²) >= 11 is 0. The number of hydrogen-bond donors (Lipinski definition) is 1. The minimum atomic E-state index is -0.828. The minimum Gasteiger partial charge on any atom is -0.389 e. The standard InChI is InChI=1S/C15H20F2O/c1-2-12-5-3-4-8-15(12,18)10-11-6-7-13(16)9-14(11)17/h6-7,9,12,18H,2-5,8,10H2,1H3. The van der Waals surface area contributed by atoms with Gasteiger partial charge in [-0.05, 0) is 30.4 Å². The molecule has 100 valence electrons. The number of hydrogen-bond acceptors (Lipinski definition) is 1. The number of benzene rings is 1. The third kappa shape index (κ3) is 2.72. The van der Waals surface area contributed by atoms with Gasteiger partial charge >= 0.3 is 0 Å². The van der Waals surface area contributed by atoms with Gasteiger partial charge < -0.3 is 5.11 Å². The Balaban J connectivity index is 2.20. The lowest BCUT2D eigenvalue weighted by Crippen LogP contribution is -2.42. The van der Waals surface area contributed by atoms with E-state index in [1.165, 1.54) is 12.1 Å². The molecule has 2 atom stereocenters. The predicted octanol–water partition coefficient (Wildman–Crippen LogP) is 3.84. The topological polar surface area (TPSA) is 20.2 Å². The molecule has 1 N–H and O–H groups in total. The second kappa shape index (κ2) is 5.35. The van der Waals surface area contributed by atoms with E-state index in [-0.39, 0.29) is 12.3 Å². The summed E-state index contributed by atoms with van der Waals surface area (Å²) in [6, 6.07) is 3.60. The molecular weight excluding hydrogens is 234 g/mol. The first kappa shape index (κ1) is 13.5. The van der Waals surface area contributed by atoms with Crippen LogP contribution in [0.2, 0.25) is 0 Å². The van der Waals surface area contributed by atoms with Gasteiger partial charge in [-0.3, -0.25) is 0 Å². The summed E-state index contributed by atoms with van der Waals surface area (Å²) in [6.07, 6.45) is 5.01. The van der Waals surface area contributed by atoms with Crippen molar-refractivity contribution in [2.24, 2.45) is 5.92 Å². The van der Waals surface area contributed by atoms with Crippen LogP contribution in [0.5, 0.6) is 0 Å². The molecule has 1 aliphatic carbocycles. The maximum absolute atomic E-state index is 13.7. The Bertz CT molecular complexity index is 419. The highest BCUT2D eigenvalue weighted by molar-refractivity contribution is 5.21. The molecule has 3 heteroatoms. The third-order valence-corrected chi connectivity index (χ3v) is 4.18. The van der Waals surface area contributed by atoms with Crippen molar-refractivity contribution in [3.8, 4) is 0 Å². The molecule has 0 aliphatic heterocycles. The summed E-state index contributed by atoms with van der Waals surface area (Å²) in [5.74, 6) is -0.904. The van der Waals surface area contributed by atoms with Crippen molar-refractivity contribution in [1.82, 2.24) is 0 Å². The Morgan fingerprint density at radius 3 is 2.78 bits per heavy atom. The fraction of sp³-hybridized carbons (Fsp3) is 0.600. The van der Waals surface area contributed by atoms with Gasteiger partial charge in [0.15, 0.2) is 0 Å². The van der Waals surface area contributed by atoms with Crippen LogP contribution in [0.4, 0.5) is 8.78 Å². The van der Waals surface area contributed by atoms with E-state index in [0.29, 0.717) is 12.0 Å². The molecule has 18 heavy (non-hydrogen) atoms. The summed E-state index contributed by atoms with van der Waals surface area (Å²) in [4.78, 5) is 0. The number of halogens is 2. The molecule has 0 bridgehead atoms. The molecule has 0 saturated heterocycles. The van der Waals surface area contributed by atoms with Gasteiger partial charge in [-0.15, -0.1) is 0 Å². The molecule has 2 unspecified atom stereocenters. The molecule has 1 nitrogen and oxygen atoms in total. The van der Waals surface area contributed by atoms with Crippen LogP contribution in [-0.2, 0) is 6.42 Å². The Hall–Kier alpha value is -0.960. The van der Waals surface area contributed by atoms with Gasteiger partial charge in [-0.2, -0.15) is 0 Å². The molecule has 0 amide bonds. The predicted molar refractivity (Wildman–Crippen MR) is 67.3 cm³/mol. The van der Waals surface area contributed by atoms with Crippen molar-refractivity contribution in [3.63, 3.8) is 0 Å². The van der Waals surface area contributed by atoms with Gasteiger partial charge in [0, 0.05) is 12.5 Å². The average Bonchev–Trinajstić information content (AvgIpc) is 2.33. The second-order valence-electron chi connectivity index (χ2n) is 5.37. The number of aliphatic hydroxyl groups is 1. The molecule has 0 radical (unpaired) electrons. The summed E-state index contributed by atoms with van der Waals surface area (Å²) in [6.45, 7) is 2.06. The summed E-state index contributed by atoms with van der Waals surface area (Å²) in [7, 11) is 0. The van der Waals surface area contributed by atoms with Crippen LogP contribution < -0.4 is 0 Å². The Morgan fingerprint density at radius 2 is 2.11 bits per heavy atom. The Morgan fingerprint density at radius 1 is 1.33 bits per heavy atom. The first-order valence-corrected chi connectivity index (χ1v) is 6.71. The van der Waals surface area contributed by atoms with E-state index >= 15 is 0 Å². The van der Waals surface area contributed by atoms with Crippen molar-refractivity contribution < 1.29 is 13.9 Å². The normalized spacial score (nSPS) is 28.3. The molecule has 1 saturated carbocycles. The Labute approximate surface area is 107 Å². The minimum absolute atomic E-state index is 0.218. The molecule has 1 aliphatic rings. The SMILES string of the molecule is CCC1CCCCC1(O)Cc1ccc(F)cc1F. The van der Waals surface area contributed by atoms with Crippen LogP contribution in [0.25, 0.3) is 0 Å². The van der Waals surface area contributed by atoms with Crippen LogP contribution >= 0.6 is 0 Å². The quantitative estimate of drug-likeness (QED) is 0.869. The Kier molecular flexibility index (Phi) is 4.00. The fourth-order valence-electron chi connectivity index (χ4n) is 3.11. The van der Waals surface area contributed by atoms with Crippen molar-refractivity contribution >= 4 is 0 Å². The second-order valence-corrected chi connectivity index (χ2v) is 5.37. The molecule has 0 heterocycles. The van der Waals surface area contributed by atoms with E-state index in [2.05, 4.69) is 6.92 Å². The molecular formula is C15H20F2O. The van der Waals surface area contributed by atoms with Crippen LogP contribution in [-0.4, -0.2) is 10.7 Å². The lowest BCUT2D eigenvalue weighted by molar-refractivity contribution is -0.0496. The van der Waals surface area contributed by atoms with E-state index in [9.17, 15) is 13.9 Å². The highest BCUT2D eigenvalue weighted by atomic mass is 19.1. The van der Waals surface area contributed by atoms with Gasteiger partial charge in [0.1, 0.15) is 11.6 Å². The van der Waals surface area contributed by atoms with Crippen LogP contribution in [0, 0.1) is 17.6 Å². The summed E-state index contributed by atoms with van der Waals surface area (Å²) in [5.41, 5.74) is -0.412. The molecule has 1 aromatic carbocycles. The highest BCUT2D eigenvalue weighted by Crippen LogP contribution is 2.38. The molecule has 1 fully saturated rings. The maximum Gasteiger partial charge on any atom is 0.129 e. The van der Waals surface area contributed by atoms with Gasteiger partial charge in [0.25, 0.3) is 0 Å².